The highest BCUT2D eigenvalue weighted by Crippen LogP contribution is 2.12. The molecule has 132 valence electrons. The van der Waals surface area contributed by atoms with Gasteiger partial charge in [-0.25, -0.2) is 0 Å². The van der Waals surface area contributed by atoms with Crippen molar-refractivity contribution in [2.45, 2.75) is 41.0 Å². The van der Waals surface area contributed by atoms with E-state index in [1.54, 1.807) is 6.08 Å². The molecule has 0 aliphatic carbocycles. The molecule has 1 N–H and O–H groups in total. The fourth-order valence-corrected chi connectivity index (χ4v) is 2.30. The van der Waals surface area contributed by atoms with Gasteiger partial charge in [-0.05, 0) is 68.8 Å². The minimum Gasteiger partial charge on any atom is -0.361 e. The van der Waals surface area contributed by atoms with Crippen LogP contribution in [0.3, 0.4) is 0 Å². The Morgan fingerprint density at radius 3 is 2.12 bits per heavy atom. The fraction of sp³-hybridized carbons (Fsp3) is 0.250. The number of H-pyrrole nitrogens is 1. The number of hydrogen-bond acceptors (Lipinski definition) is 0. The van der Waals surface area contributed by atoms with Crippen LogP contribution in [-0.4, -0.2) is 4.98 Å². The highest BCUT2D eigenvalue weighted by atomic mass is 14.7. The predicted octanol–water partition coefficient (Wildman–Crippen LogP) is 7.23. The Bertz CT molecular complexity index is 806. The molecule has 0 saturated carbocycles. The molecule has 0 bridgehead atoms. The maximum atomic E-state index is 3.51. The first-order valence-electron chi connectivity index (χ1n) is 8.83. The summed E-state index contributed by atoms with van der Waals surface area (Å²) in [6.45, 7) is 14.1. The zero-order valence-electron chi connectivity index (χ0n) is 16.3. The zero-order valence-corrected chi connectivity index (χ0v) is 16.3. The quantitative estimate of drug-likeness (QED) is 0.476. The SMILES string of the molecule is C=C/C=C/CC.Cc1ccc(C)c(C)c1.Cc1ccc2[nH]ccc2c1. The number of allylic oxidation sites excluding steroid dienone is 3. The van der Waals surface area contributed by atoms with Crippen molar-refractivity contribution in [2.24, 2.45) is 0 Å². The summed E-state index contributed by atoms with van der Waals surface area (Å²) in [6, 6.07) is 15.0. The Morgan fingerprint density at radius 2 is 1.56 bits per heavy atom. The van der Waals surface area contributed by atoms with Gasteiger partial charge in [0.05, 0.1) is 0 Å². The number of aromatic nitrogens is 1. The molecule has 0 radical (unpaired) electrons. The zero-order chi connectivity index (χ0) is 18.7. The van der Waals surface area contributed by atoms with Gasteiger partial charge in [-0.2, -0.15) is 0 Å². The lowest BCUT2D eigenvalue weighted by molar-refractivity contribution is 1.22. The molecule has 0 fully saturated rings. The molecule has 3 rings (SSSR count). The second kappa shape index (κ2) is 11.1. The lowest BCUT2D eigenvalue weighted by atomic mass is 10.1. The van der Waals surface area contributed by atoms with Gasteiger partial charge < -0.3 is 4.98 Å². The molecule has 1 aromatic heterocycles. The van der Waals surface area contributed by atoms with Crippen LogP contribution in [0.15, 0.2) is 73.5 Å². The monoisotopic (exact) mass is 333 g/mol. The molecule has 0 saturated heterocycles. The normalized spacial score (nSPS) is 9.96. The summed E-state index contributed by atoms with van der Waals surface area (Å²) in [4.78, 5) is 3.15. The van der Waals surface area contributed by atoms with Crippen molar-refractivity contribution in [3.8, 4) is 0 Å². The molecule has 2 aromatic carbocycles. The van der Waals surface area contributed by atoms with E-state index in [1.165, 1.54) is 33.2 Å². The van der Waals surface area contributed by atoms with E-state index in [0.717, 1.165) is 6.42 Å². The third kappa shape index (κ3) is 7.71. The first kappa shape index (κ1) is 20.5. The number of aromatic amines is 1. The van der Waals surface area contributed by atoms with Crippen LogP contribution in [0.2, 0.25) is 0 Å². The highest BCUT2D eigenvalue weighted by molar-refractivity contribution is 5.79. The summed E-state index contributed by atoms with van der Waals surface area (Å²) in [5, 5.41) is 1.29. The van der Waals surface area contributed by atoms with Crippen molar-refractivity contribution in [1.29, 1.82) is 0 Å². The molecule has 0 atom stereocenters. The van der Waals surface area contributed by atoms with Gasteiger partial charge in [-0.3, -0.25) is 0 Å². The van der Waals surface area contributed by atoms with Crippen LogP contribution in [0, 0.1) is 27.7 Å². The standard InChI is InChI=1S/C9H9N.C9H12.C6H10/c1-7-2-3-9-8(6-7)4-5-10-9;1-7-4-5-8(2)9(3)6-7;1-3-5-6-4-2/h2-6,10H,1H3;4-6H,1-3H3;3,5-6H,1,4H2,2H3/b;;6-5+. The Labute approximate surface area is 153 Å². The van der Waals surface area contributed by atoms with Crippen molar-refractivity contribution in [3.05, 3.63) is 95.7 Å². The predicted molar refractivity (Wildman–Crippen MR) is 113 cm³/mol. The second-order valence-corrected chi connectivity index (χ2v) is 6.23. The first-order chi connectivity index (χ1) is 12.0. The maximum Gasteiger partial charge on any atom is 0.0454 e. The number of benzene rings is 2. The van der Waals surface area contributed by atoms with Gasteiger partial charge in [0.2, 0.25) is 0 Å². The molecule has 0 amide bonds. The summed E-state index contributed by atoms with van der Waals surface area (Å²) in [7, 11) is 0. The van der Waals surface area contributed by atoms with Crippen molar-refractivity contribution in [2.75, 3.05) is 0 Å². The van der Waals surface area contributed by atoms with Crippen LogP contribution in [0.4, 0.5) is 0 Å². The minimum absolute atomic E-state index is 1.10. The molecule has 1 nitrogen and oxygen atoms in total. The van der Waals surface area contributed by atoms with Crippen molar-refractivity contribution < 1.29 is 0 Å². The molecule has 0 aliphatic rings. The third-order valence-corrected chi connectivity index (χ3v) is 3.88. The smallest absolute Gasteiger partial charge is 0.0454 e. The third-order valence-electron chi connectivity index (χ3n) is 3.88. The largest absolute Gasteiger partial charge is 0.361 e. The second-order valence-electron chi connectivity index (χ2n) is 6.23. The Hall–Kier alpha value is -2.54. The molecule has 0 unspecified atom stereocenters. The van der Waals surface area contributed by atoms with E-state index < -0.39 is 0 Å². The molecule has 1 heterocycles. The van der Waals surface area contributed by atoms with Gasteiger partial charge >= 0.3 is 0 Å². The van der Waals surface area contributed by atoms with Gasteiger partial charge in [0, 0.05) is 11.7 Å². The van der Waals surface area contributed by atoms with Crippen LogP contribution in [0.1, 0.15) is 35.6 Å². The number of aryl methyl sites for hydroxylation is 4. The fourth-order valence-electron chi connectivity index (χ4n) is 2.30. The number of hydrogen-bond donors (Lipinski definition) is 1. The van der Waals surface area contributed by atoms with E-state index in [-0.39, 0.29) is 0 Å². The maximum absolute atomic E-state index is 3.51. The number of rotatable bonds is 2. The van der Waals surface area contributed by atoms with Crippen LogP contribution in [0.5, 0.6) is 0 Å². The highest BCUT2D eigenvalue weighted by Gasteiger charge is 1.91. The van der Waals surface area contributed by atoms with Crippen molar-refractivity contribution in [3.63, 3.8) is 0 Å². The van der Waals surface area contributed by atoms with E-state index >= 15 is 0 Å². The summed E-state index contributed by atoms with van der Waals surface area (Å²) in [5.41, 5.74) is 6.63. The summed E-state index contributed by atoms with van der Waals surface area (Å²) < 4.78 is 0. The number of fused-ring (bicyclic) bond motifs is 1. The minimum atomic E-state index is 1.10. The van der Waals surface area contributed by atoms with Crippen LogP contribution >= 0.6 is 0 Å². The lowest BCUT2D eigenvalue weighted by Gasteiger charge is -1.98. The van der Waals surface area contributed by atoms with Gasteiger partial charge in [0.15, 0.2) is 0 Å². The van der Waals surface area contributed by atoms with E-state index in [0.29, 0.717) is 0 Å². The van der Waals surface area contributed by atoms with Crippen LogP contribution < -0.4 is 0 Å². The average Bonchev–Trinajstić information content (AvgIpc) is 3.05. The topological polar surface area (TPSA) is 15.8 Å². The Balaban J connectivity index is 0.000000195. The lowest BCUT2D eigenvalue weighted by Crippen LogP contribution is -1.79. The average molecular weight is 334 g/mol. The molecular weight excluding hydrogens is 302 g/mol. The summed E-state index contributed by atoms with van der Waals surface area (Å²) >= 11 is 0. The van der Waals surface area contributed by atoms with E-state index in [2.05, 4.69) is 94.7 Å². The summed E-state index contributed by atoms with van der Waals surface area (Å²) in [5.74, 6) is 0. The van der Waals surface area contributed by atoms with Crippen LogP contribution in [-0.2, 0) is 0 Å². The molecular formula is C24H31N. The first-order valence-corrected chi connectivity index (χ1v) is 8.83. The molecule has 0 spiro atoms. The van der Waals surface area contributed by atoms with Gasteiger partial charge in [0.1, 0.15) is 0 Å². The van der Waals surface area contributed by atoms with Crippen LogP contribution in [0.25, 0.3) is 10.9 Å². The Morgan fingerprint density at radius 1 is 0.880 bits per heavy atom. The molecule has 25 heavy (non-hydrogen) atoms. The van der Waals surface area contributed by atoms with E-state index in [9.17, 15) is 0 Å². The van der Waals surface area contributed by atoms with Crippen molar-refractivity contribution in [1.82, 2.24) is 4.98 Å². The van der Waals surface area contributed by atoms with Crippen molar-refractivity contribution >= 4 is 10.9 Å². The van der Waals surface area contributed by atoms with Gasteiger partial charge in [0.25, 0.3) is 0 Å². The van der Waals surface area contributed by atoms with E-state index in [1.807, 2.05) is 12.3 Å². The molecule has 3 aromatic rings. The summed E-state index contributed by atoms with van der Waals surface area (Å²) in [6.07, 6.45) is 8.85. The molecule has 1 heteroatoms. The van der Waals surface area contributed by atoms with E-state index in [4.69, 9.17) is 0 Å². The van der Waals surface area contributed by atoms with Gasteiger partial charge in [-0.15, -0.1) is 0 Å². The van der Waals surface area contributed by atoms with Gasteiger partial charge in [-0.1, -0.05) is 67.1 Å². The number of nitrogens with one attached hydrogen (secondary N) is 1. The molecule has 0 aliphatic heterocycles. The Kier molecular flexibility index (Phi) is 9.10.